The highest BCUT2D eigenvalue weighted by atomic mass is 16.6. The van der Waals surface area contributed by atoms with E-state index in [0.29, 0.717) is 11.8 Å². The number of nitrogens with zero attached hydrogens (tertiary/aromatic N) is 2. The minimum absolute atomic E-state index is 0.0338. The van der Waals surface area contributed by atoms with Crippen molar-refractivity contribution in [3.05, 3.63) is 76.3 Å². The second kappa shape index (κ2) is 8.61. The van der Waals surface area contributed by atoms with Crippen LogP contribution in [-0.4, -0.2) is 32.7 Å². The van der Waals surface area contributed by atoms with Gasteiger partial charge in [-0.2, -0.15) is 0 Å². The van der Waals surface area contributed by atoms with Crippen LogP contribution in [0.15, 0.2) is 60.7 Å². The first-order chi connectivity index (χ1) is 18.1. The van der Waals surface area contributed by atoms with E-state index < -0.39 is 52.3 Å². The molecule has 0 radical (unpaired) electrons. The van der Waals surface area contributed by atoms with Crippen LogP contribution in [0.1, 0.15) is 38.4 Å². The topological polar surface area (TPSA) is 130 Å². The molecule has 3 fully saturated rings. The summed E-state index contributed by atoms with van der Waals surface area (Å²) in [5.41, 5.74) is 0.749. The molecule has 0 bridgehead atoms. The molecule has 9 heteroatoms. The summed E-state index contributed by atoms with van der Waals surface area (Å²) >= 11 is 0. The van der Waals surface area contributed by atoms with Crippen LogP contribution in [0.25, 0.3) is 10.8 Å². The summed E-state index contributed by atoms with van der Waals surface area (Å²) in [6.07, 6.45) is 0.0384. The van der Waals surface area contributed by atoms with Crippen LogP contribution in [0.2, 0.25) is 0 Å². The Morgan fingerprint density at radius 1 is 1.03 bits per heavy atom. The SMILES string of the molecule is CC(C)[C@H]1C[C@@H]2C(=O)N(c3cccc([N+](=O)[O-])c3)C(=O)[C@@H]2[C@@H]2C[C@@H](c3ccc(O)c4ccccc34)O[C@]12O. The van der Waals surface area contributed by atoms with E-state index in [4.69, 9.17) is 4.74 Å². The number of nitro groups is 1. The van der Waals surface area contributed by atoms with E-state index >= 15 is 0 Å². The third-order valence-corrected chi connectivity index (χ3v) is 8.66. The number of anilines is 1. The minimum atomic E-state index is -1.63. The van der Waals surface area contributed by atoms with Crippen LogP contribution in [0, 0.1) is 39.7 Å². The van der Waals surface area contributed by atoms with Gasteiger partial charge in [0.1, 0.15) is 5.75 Å². The average molecular weight is 517 g/mol. The zero-order valence-corrected chi connectivity index (χ0v) is 21.0. The van der Waals surface area contributed by atoms with E-state index in [1.807, 2.05) is 38.1 Å². The molecule has 1 saturated carbocycles. The summed E-state index contributed by atoms with van der Waals surface area (Å²) in [6, 6.07) is 16.3. The predicted molar refractivity (Wildman–Crippen MR) is 138 cm³/mol. The van der Waals surface area contributed by atoms with Crippen LogP contribution < -0.4 is 4.90 Å². The smallest absolute Gasteiger partial charge is 0.271 e. The summed E-state index contributed by atoms with van der Waals surface area (Å²) in [5.74, 6) is -4.90. The number of hydrogen-bond acceptors (Lipinski definition) is 7. The van der Waals surface area contributed by atoms with Crippen molar-refractivity contribution in [2.75, 3.05) is 4.90 Å². The molecular formula is C29H28N2O7. The number of ether oxygens (including phenoxy) is 1. The molecule has 38 heavy (non-hydrogen) atoms. The van der Waals surface area contributed by atoms with E-state index in [0.717, 1.165) is 15.8 Å². The highest BCUT2D eigenvalue weighted by Gasteiger charge is 2.67. The van der Waals surface area contributed by atoms with Gasteiger partial charge < -0.3 is 14.9 Å². The van der Waals surface area contributed by atoms with E-state index in [1.165, 1.54) is 24.3 Å². The third-order valence-electron chi connectivity index (χ3n) is 8.66. The molecule has 2 N–H and O–H groups in total. The quantitative estimate of drug-likeness (QED) is 0.292. The highest BCUT2D eigenvalue weighted by Crippen LogP contribution is 2.60. The zero-order valence-electron chi connectivity index (χ0n) is 21.0. The van der Waals surface area contributed by atoms with Crippen LogP contribution >= 0.6 is 0 Å². The number of non-ortho nitro benzene ring substituents is 1. The normalized spacial score (nSPS) is 30.6. The number of nitro benzene ring substituents is 1. The molecular weight excluding hydrogens is 488 g/mol. The molecule has 2 amide bonds. The Morgan fingerprint density at radius 3 is 2.47 bits per heavy atom. The van der Waals surface area contributed by atoms with Gasteiger partial charge in [0.15, 0.2) is 5.79 Å². The monoisotopic (exact) mass is 516 g/mol. The van der Waals surface area contributed by atoms with Crippen LogP contribution in [0.4, 0.5) is 11.4 Å². The lowest BCUT2D eigenvalue weighted by atomic mass is 9.62. The molecule has 0 spiro atoms. The zero-order chi connectivity index (χ0) is 26.9. The van der Waals surface area contributed by atoms with Crippen LogP contribution in [0.3, 0.4) is 0 Å². The third kappa shape index (κ3) is 3.45. The van der Waals surface area contributed by atoms with Gasteiger partial charge in [0.25, 0.3) is 5.69 Å². The number of aliphatic hydroxyl groups is 1. The number of fused-ring (bicyclic) bond motifs is 4. The van der Waals surface area contributed by atoms with Gasteiger partial charge in [0.05, 0.1) is 28.6 Å². The minimum Gasteiger partial charge on any atom is -0.507 e. The Hall–Kier alpha value is -3.82. The van der Waals surface area contributed by atoms with Gasteiger partial charge in [-0.1, -0.05) is 50.2 Å². The molecule has 196 valence electrons. The molecule has 2 heterocycles. The van der Waals surface area contributed by atoms with Crippen molar-refractivity contribution >= 4 is 34.0 Å². The Balaban J connectivity index is 1.42. The molecule has 2 saturated heterocycles. The van der Waals surface area contributed by atoms with Crippen molar-refractivity contribution in [2.24, 2.45) is 29.6 Å². The fourth-order valence-electron chi connectivity index (χ4n) is 6.95. The molecule has 2 aliphatic heterocycles. The van der Waals surface area contributed by atoms with Crippen molar-refractivity contribution in [1.82, 2.24) is 0 Å². The molecule has 0 unspecified atom stereocenters. The first kappa shape index (κ1) is 24.5. The van der Waals surface area contributed by atoms with Crippen LogP contribution in [0.5, 0.6) is 5.75 Å². The summed E-state index contributed by atoms with van der Waals surface area (Å²) in [4.78, 5) is 39.3. The first-order valence-electron chi connectivity index (χ1n) is 12.8. The fourth-order valence-corrected chi connectivity index (χ4v) is 6.95. The summed E-state index contributed by atoms with van der Waals surface area (Å²) in [6.45, 7) is 3.93. The van der Waals surface area contributed by atoms with Gasteiger partial charge in [-0.25, -0.2) is 4.90 Å². The largest absolute Gasteiger partial charge is 0.507 e. The van der Waals surface area contributed by atoms with Gasteiger partial charge in [-0.05, 0) is 41.8 Å². The molecule has 1 aliphatic carbocycles. The number of imide groups is 1. The van der Waals surface area contributed by atoms with Gasteiger partial charge in [-0.3, -0.25) is 19.7 Å². The first-order valence-corrected chi connectivity index (χ1v) is 12.8. The Bertz CT molecular complexity index is 1490. The maximum atomic E-state index is 13.8. The van der Waals surface area contributed by atoms with Crippen molar-refractivity contribution < 1.29 is 29.5 Å². The number of carbonyl (C=O) groups is 2. The maximum absolute atomic E-state index is 13.8. The highest BCUT2D eigenvalue weighted by molar-refractivity contribution is 6.22. The second-order valence-corrected chi connectivity index (χ2v) is 10.9. The Labute approximate surface area is 218 Å². The summed E-state index contributed by atoms with van der Waals surface area (Å²) in [7, 11) is 0. The number of amides is 2. The maximum Gasteiger partial charge on any atom is 0.271 e. The predicted octanol–water partition coefficient (Wildman–Crippen LogP) is 4.70. The van der Waals surface area contributed by atoms with Crippen molar-refractivity contribution in [3.8, 4) is 5.75 Å². The van der Waals surface area contributed by atoms with Crippen molar-refractivity contribution in [1.29, 1.82) is 0 Å². The molecule has 0 aromatic heterocycles. The van der Waals surface area contributed by atoms with E-state index in [1.54, 1.807) is 12.1 Å². The van der Waals surface area contributed by atoms with Gasteiger partial charge in [0, 0.05) is 29.4 Å². The van der Waals surface area contributed by atoms with E-state index in [9.17, 15) is 29.9 Å². The van der Waals surface area contributed by atoms with E-state index in [2.05, 4.69) is 0 Å². The lowest BCUT2D eigenvalue weighted by Crippen LogP contribution is -2.55. The van der Waals surface area contributed by atoms with Gasteiger partial charge in [0.2, 0.25) is 11.8 Å². The number of aromatic hydroxyl groups is 1. The van der Waals surface area contributed by atoms with E-state index in [-0.39, 0.29) is 29.5 Å². The van der Waals surface area contributed by atoms with Gasteiger partial charge in [-0.15, -0.1) is 0 Å². The number of phenolic OH excluding ortho intramolecular Hbond substituents is 1. The molecule has 6 atom stereocenters. The number of phenols is 1. The number of rotatable bonds is 4. The molecule has 3 aliphatic rings. The van der Waals surface area contributed by atoms with Crippen molar-refractivity contribution in [3.63, 3.8) is 0 Å². The second-order valence-electron chi connectivity index (χ2n) is 10.9. The van der Waals surface area contributed by atoms with Crippen molar-refractivity contribution in [2.45, 2.75) is 38.6 Å². The molecule has 6 rings (SSSR count). The molecule has 9 nitrogen and oxygen atoms in total. The van der Waals surface area contributed by atoms with Gasteiger partial charge >= 0.3 is 0 Å². The Kier molecular flexibility index (Phi) is 5.55. The number of carbonyl (C=O) groups excluding carboxylic acids is 2. The lowest BCUT2D eigenvalue weighted by molar-refractivity contribution is -0.384. The molecule has 3 aromatic rings. The average Bonchev–Trinajstić information content (AvgIpc) is 3.37. The number of hydrogen-bond donors (Lipinski definition) is 2. The molecule has 3 aromatic carbocycles. The Morgan fingerprint density at radius 2 is 1.76 bits per heavy atom. The summed E-state index contributed by atoms with van der Waals surface area (Å²) in [5, 5.41) is 35.2. The van der Waals surface area contributed by atoms with Crippen LogP contribution in [-0.2, 0) is 14.3 Å². The lowest BCUT2D eigenvalue weighted by Gasteiger charge is -2.46. The fraction of sp³-hybridized carbons (Fsp3) is 0.379. The number of benzene rings is 3. The summed E-state index contributed by atoms with van der Waals surface area (Å²) < 4.78 is 6.45. The standard InChI is InChI=1S/C29H28N2O7/c1-15(2)22-13-21-26(28(34)30(27(21)33)16-6-5-7-17(12-16)31(36)37)23-14-25(38-29(22,23)35)20-10-11-24(32)19-9-4-3-8-18(19)20/h3-12,15,21-23,25-26,32,35H,13-14H2,1-2H3/t21-,22+,23-,25-,26-,29+/m0/s1.